The van der Waals surface area contributed by atoms with Gasteiger partial charge in [0.2, 0.25) is 0 Å². The van der Waals surface area contributed by atoms with Crippen molar-refractivity contribution in [3.8, 4) is 0 Å². The van der Waals surface area contributed by atoms with Gasteiger partial charge in [0.1, 0.15) is 0 Å². The van der Waals surface area contributed by atoms with Crippen LogP contribution in [0.25, 0.3) is 0 Å². The highest BCUT2D eigenvalue weighted by Crippen LogP contribution is 2.31. The second kappa shape index (κ2) is 5.03. The van der Waals surface area contributed by atoms with E-state index in [2.05, 4.69) is 0 Å². The molecule has 1 aromatic rings. The van der Waals surface area contributed by atoms with E-state index in [4.69, 9.17) is 5.11 Å². The van der Waals surface area contributed by atoms with Gasteiger partial charge in [0.25, 0.3) is 0 Å². The number of aliphatic carboxylic acids is 1. The summed E-state index contributed by atoms with van der Waals surface area (Å²) in [6.07, 6.45) is -4.82. The van der Waals surface area contributed by atoms with Crippen LogP contribution < -0.4 is 0 Å². The first-order chi connectivity index (χ1) is 7.34. The van der Waals surface area contributed by atoms with Crippen LogP contribution >= 0.6 is 22.6 Å². The number of benzene rings is 1. The second-order valence-corrected chi connectivity index (χ2v) is 3.95. The molecule has 0 radical (unpaired) electrons. The van der Waals surface area contributed by atoms with Crippen LogP contribution in [-0.2, 0) is 21.8 Å². The van der Waals surface area contributed by atoms with Crippen LogP contribution in [0.1, 0.15) is 16.7 Å². The second-order valence-electron chi connectivity index (χ2n) is 3.19. The van der Waals surface area contributed by atoms with E-state index in [1.54, 1.807) is 0 Å². The zero-order valence-corrected chi connectivity index (χ0v) is 10.2. The van der Waals surface area contributed by atoms with Crippen LogP contribution in [0.2, 0.25) is 0 Å². The molecule has 0 atom stereocenters. The molecule has 1 aromatic carbocycles. The average Bonchev–Trinajstić information content (AvgIpc) is 2.15. The van der Waals surface area contributed by atoms with Gasteiger partial charge >= 0.3 is 12.1 Å². The highest BCUT2D eigenvalue weighted by atomic mass is 127. The third-order valence-electron chi connectivity index (χ3n) is 2.02. The summed E-state index contributed by atoms with van der Waals surface area (Å²) in [5.74, 6) is -1.13. The Morgan fingerprint density at radius 1 is 1.31 bits per heavy atom. The molecule has 0 spiro atoms. The van der Waals surface area contributed by atoms with Crippen LogP contribution in [0.15, 0.2) is 18.2 Å². The largest absolute Gasteiger partial charge is 0.481 e. The van der Waals surface area contributed by atoms with Gasteiger partial charge in [-0.2, -0.15) is 13.2 Å². The minimum Gasteiger partial charge on any atom is -0.481 e. The van der Waals surface area contributed by atoms with Crippen LogP contribution in [0.5, 0.6) is 0 Å². The highest BCUT2D eigenvalue weighted by Gasteiger charge is 2.31. The molecule has 88 valence electrons. The molecule has 1 rings (SSSR count). The summed E-state index contributed by atoms with van der Waals surface area (Å²) >= 11 is 1.98. The number of carbonyl (C=O) groups is 1. The topological polar surface area (TPSA) is 37.3 Å². The Hall–Kier alpha value is -0.790. The van der Waals surface area contributed by atoms with Crippen molar-refractivity contribution >= 4 is 28.6 Å². The smallest absolute Gasteiger partial charge is 0.416 e. The third kappa shape index (κ3) is 3.36. The number of carboxylic acid groups (broad SMARTS) is 1. The summed E-state index contributed by atoms with van der Waals surface area (Å²) in [7, 11) is 0. The van der Waals surface area contributed by atoms with E-state index in [1.807, 2.05) is 22.6 Å². The Kier molecular flexibility index (Phi) is 4.17. The molecule has 0 aromatic heterocycles. The summed E-state index contributed by atoms with van der Waals surface area (Å²) in [4.78, 5) is 10.5. The molecule has 6 heteroatoms. The highest BCUT2D eigenvalue weighted by molar-refractivity contribution is 14.1. The molecule has 1 N–H and O–H groups in total. The van der Waals surface area contributed by atoms with Crippen LogP contribution in [0.3, 0.4) is 0 Å². The summed E-state index contributed by atoms with van der Waals surface area (Å²) < 4.78 is 37.7. The Labute approximate surface area is 104 Å². The summed E-state index contributed by atoms with van der Waals surface area (Å²) in [5, 5.41) is 8.60. The first-order valence-corrected chi connectivity index (χ1v) is 5.84. The van der Waals surface area contributed by atoms with E-state index >= 15 is 0 Å². The first kappa shape index (κ1) is 13.3. The molecule has 0 aliphatic heterocycles. The van der Waals surface area contributed by atoms with Gasteiger partial charge in [-0.05, 0) is 23.3 Å². The normalized spacial score (nSPS) is 11.5. The predicted molar refractivity (Wildman–Crippen MR) is 60.5 cm³/mol. The maximum atomic E-state index is 12.4. The van der Waals surface area contributed by atoms with Crippen molar-refractivity contribution in [1.29, 1.82) is 0 Å². The Balaban J connectivity index is 3.16. The fourth-order valence-electron chi connectivity index (χ4n) is 1.26. The lowest BCUT2D eigenvalue weighted by molar-refractivity contribution is -0.138. The van der Waals surface area contributed by atoms with E-state index in [1.165, 1.54) is 6.07 Å². The average molecular weight is 344 g/mol. The molecule has 0 heterocycles. The summed E-state index contributed by atoms with van der Waals surface area (Å²) in [6, 6.07) is 3.20. The van der Waals surface area contributed by atoms with E-state index in [0.717, 1.165) is 12.1 Å². The fraction of sp³-hybridized carbons (Fsp3) is 0.300. The summed E-state index contributed by atoms with van der Waals surface area (Å²) in [5.41, 5.74) is 0.0325. The molecule has 0 unspecified atom stereocenters. The summed E-state index contributed by atoms with van der Waals surface area (Å²) in [6.45, 7) is 0. The molecule has 0 amide bonds. The van der Waals surface area contributed by atoms with Gasteiger partial charge in [-0.3, -0.25) is 4.79 Å². The number of hydrogen-bond donors (Lipinski definition) is 1. The van der Waals surface area contributed by atoms with Gasteiger partial charge in [0.05, 0.1) is 12.0 Å². The number of alkyl halides is 4. The number of halogens is 4. The third-order valence-corrected chi connectivity index (χ3v) is 2.84. The van der Waals surface area contributed by atoms with Gasteiger partial charge in [0.15, 0.2) is 0 Å². The van der Waals surface area contributed by atoms with Gasteiger partial charge in [-0.15, -0.1) is 0 Å². The Morgan fingerprint density at radius 2 is 1.94 bits per heavy atom. The van der Waals surface area contributed by atoms with Crippen LogP contribution in [-0.4, -0.2) is 11.1 Å². The van der Waals surface area contributed by atoms with E-state index in [-0.39, 0.29) is 12.0 Å². The van der Waals surface area contributed by atoms with Gasteiger partial charge in [-0.25, -0.2) is 0 Å². The quantitative estimate of drug-likeness (QED) is 0.675. The SMILES string of the molecule is O=C(O)Cc1cc(C(F)(F)F)ccc1CI. The van der Waals surface area contributed by atoms with Crippen molar-refractivity contribution in [2.75, 3.05) is 0 Å². The van der Waals surface area contributed by atoms with Gasteiger partial charge in [-0.1, -0.05) is 28.7 Å². The van der Waals surface area contributed by atoms with Crippen LogP contribution in [0, 0.1) is 0 Å². The number of hydrogen-bond acceptors (Lipinski definition) is 1. The Morgan fingerprint density at radius 3 is 2.38 bits per heavy atom. The molecular formula is C10H8F3IO2. The monoisotopic (exact) mass is 344 g/mol. The van der Waals surface area contributed by atoms with Crippen molar-refractivity contribution in [1.82, 2.24) is 0 Å². The molecular weight excluding hydrogens is 336 g/mol. The maximum Gasteiger partial charge on any atom is 0.416 e. The van der Waals surface area contributed by atoms with Crippen LogP contribution in [0.4, 0.5) is 13.2 Å². The zero-order chi connectivity index (χ0) is 12.3. The molecule has 16 heavy (non-hydrogen) atoms. The zero-order valence-electron chi connectivity index (χ0n) is 8.01. The lowest BCUT2D eigenvalue weighted by Crippen LogP contribution is -2.09. The number of rotatable bonds is 3. The Bertz CT molecular complexity index is 402. The lowest BCUT2D eigenvalue weighted by Gasteiger charge is -2.11. The molecule has 0 bridgehead atoms. The maximum absolute atomic E-state index is 12.4. The van der Waals surface area contributed by atoms with Crippen molar-refractivity contribution in [2.24, 2.45) is 0 Å². The molecule has 0 saturated carbocycles. The van der Waals surface area contributed by atoms with Gasteiger partial charge < -0.3 is 5.11 Å². The van der Waals surface area contributed by atoms with E-state index in [0.29, 0.717) is 9.99 Å². The number of carboxylic acids is 1. The minimum atomic E-state index is -4.43. The van der Waals surface area contributed by atoms with Crippen molar-refractivity contribution in [2.45, 2.75) is 17.0 Å². The standard InChI is InChI=1S/C10H8F3IO2/c11-10(12,13)8-2-1-6(5-14)7(3-8)4-9(15)16/h1-3H,4-5H2,(H,15,16). The molecule has 0 saturated heterocycles. The lowest BCUT2D eigenvalue weighted by atomic mass is 10.0. The molecule has 0 aliphatic rings. The van der Waals surface area contributed by atoms with Crippen molar-refractivity contribution in [3.05, 3.63) is 34.9 Å². The molecule has 2 nitrogen and oxygen atoms in total. The molecule has 0 aliphatic carbocycles. The first-order valence-electron chi connectivity index (χ1n) is 4.31. The molecule has 0 fully saturated rings. The van der Waals surface area contributed by atoms with Gasteiger partial charge in [0, 0.05) is 4.43 Å². The van der Waals surface area contributed by atoms with Crippen molar-refractivity contribution < 1.29 is 23.1 Å². The minimum absolute atomic E-state index is 0.219. The van der Waals surface area contributed by atoms with E-state index in [9.17, 15) is 18.0 Å². The predicted octanol–water partition coefficient (Wildman–Crippen LogP) is 3.27. The van der Waals surface area contributed by atoms with E-state index < -0.39 is 17.7 Å². The van der Waals surface area contributed by atoms with Crippen molar-refractivity contribution in [3.63, 3.8) is 0 Å². The fourth-order valence-corrected chi connectivity index (χ4v) is 2.00.